The molecule has 61 heavy (non-hydrogen) atoms. The predicted molar refractivity (Wildman–Crippen MR) is 209 cm³/mol. The van der Waals surface area contributed by atoms with Crippen molar-refractivity contribution in [3.05, 3.63) is 71.9 Å². The Hall–Kier alpha value is -3.39. The number of carbonyl (C=O) groups excluding carboxylic acids is 1. The van der Waals surface area contributed by atoms with Crippen molar-refractivity contribution in [1.82, 2.24) is 0 Å². The fourth-order valence-corrected chi connectivity index (χ4v) is 7.11. The second-order valence-electron chi connectivity index (χ2n) is 14.9. The van der Waals surface area contributed by atoms with E-state index in [-0.39, 0.29) is 17.5 Å². The number of aromatic hydroxyl groups is 2. The standard InChI is InChI=1S/C41H60O20/c1-2-3-4-5-6-7-9-12-22(46)13-10-8-11-14-28(49)59-38-35(55)37(29-21(17-42)15-23(47)16-24(29)48)56-27(20-45)36(38)60-41-39(33(53)31(51)26(19-44)58-41)61-40-34(54)32(52)30(50)25(18-43)57-40/h6-12,14-16,22,25-27,30-48,50-55H,2-5,13,17-20H2,1H3/b7-6+,10-8+,12-9+,14-11+/t22-,25+,26+,27+,30-,31-,32-,33-,34+,35-,36+,37-,38+,39+,40-,41-/m0/s1. The summed E-state index contributed by atoms with van der Waals surface area (Å²) in [6.07, 6.45) is -11.2. The Kier molecular flexibility index (Phi) is 20.1. The number of aliphatic hydroxyl groups excluding tert-OH is 11. The van der Waals surface area contributed by atoms with Crippen LogP contribution in [0, 0.1) is 0 Å². The molecule has 3 saturated heterocycles. The number of phenolic OH excluding ortho intramolecular Hbond substituents is 2. The van der Waals surface area contributed by atoms with E-state index >= 15 is 0 Å². The van der Waals surface area contributed by atoms with Crippen molar-refractivity contribution >= 4 is 5.97 Å². The van der Waals surface area contributed by atoms with Gasteiger partial charge in [0.1, 0.15) is 84.7 Å². The molecule has 3 heterocycles. The van der Waals surface area contributed by atoms with Gasteiger partial charge < -0.3 is 94.8 Å². The third-order valence-electron chi connectivity index (χ3n) is 10.4. The molecule has 1 aromatic rings. The number of phenols is 2. The quantitative estimate of drug-likeness (QED) is 0.0288. The van der Waals surface area contributed by atoms with Gasteiger partial charge in [-0.15, -0.1) is 0 Å². The molecule has 20 heteroatoms. The van der Waals surface area contributed by atoms with Gasteiger partial charge in [0.25, 0.3) is 0 Å². The Balaban J connectivity index is 1.62. The van der Waals surface area contributed by atoms with Gasteiger partial charge in [0.05, 0.1) is 32.5 Å². The second kappa shape index (κ2) is 24.5. The number of rotatable bonds is 20. The van der Waals surface area contributed by atoms with Gasteiger partial charge in [-0.2, -0.15) is 0 Å². The van der Waals surface area contributed by atoms with E-state index in [1.165, 1.54) is 12.2 Å². The topological polar surface area (TPSA) is 335 Å². The molecule has 13 N–H and O–H groups in total. The van der Waals surface area contributed by atoms with Gasteiger partial charge in [-0.1, -0.05) is 62.3 Å². The van der Waals surface area contributed by atoms with Crippen LogP contribution in [0.2, 0.25) is 0 Å². The van der Waals surface area contributed by atoms with Gasteiger partial charge in [-0.05, 0) is 30.9 Å². The van der Waals surface area contributed by atoms with Crippen molar-refractivity contribution < 1.29 is 99.6 Å². The van der Waals surface area contributed by atoms with Crippen LogP contribution in [0.1, 0.15) is 56.3 Å². The summed E-state index contributed by atoms with van der Waals surface area (Å²) in [5, 5.41) is 136. The summed E-state index contributed by atoms with van der Waals surface area (Å²) in [5.41, 5.74) is -0.361. The van der Waals surface area contributed by atoms with Crippen LogP contribution >= 0.6 is 0 Å². The van der Waals surface area contributed by atoms with E-state index in [2.05, 4.69) is 6.92 Å². The minimum atomic E-state index is -2.02. The fourth-order valence-electron chi connectivity index (χ4n) is 7.11. The van der Waals surface area contributed by atoms with Gasteiger partial charge in [-0.3, -0.25) is 0 Å². The summed E-state index contributed by atoms with van der Waals surface area (Å²) in [6, 6.07) is 1.97. The van der Waals surface area contributed by atoms with Crippen LogP contribution in [-0.4, -0.2) is 184 Å². The normalized spacial score (nSPS) is 35.4. The second-order valence-corrected chi connectivity index (χ2v) is 14.9. The molecule has 0 saturated carbocycles. The van der Waals surface area contributed by atoms with Crippen molar-refractivity contribution in [3.63, 3.8) is 0 Å². The number of unbranched alkanes of at least 4 members (excludes halogenated alkanes) is 3. The molecule has 4 rings (SSSR count). The highest BCUT2D eigenvalue weighted by molar-refractivity contribution is 5.82. The fraction of sp³-hybridized carbons (Fsp3) is 0.634. The molecular weight excluding hydrogens is 812 g/mol. The first-order valence-electron chi connectivity index (χ1n) is 20.1. The molecule has 3 aliphatic heterocycles. The third-order valence-corrected chi connectivity index (χ3v) is 10.4. The summed E-state index contributed by atoms with van der Waals surface area (Å²) in [7, 11) is 0. The molecular formula is C41H60O20. The zero-order valence-electron chi connectivity index (χ0n) is 33.5. The molecule has 3 fully saturated rings. The smallest absolute Gasteiger partial charge is 0.331 e. The van der Waals surface area contributed by atoms with Crippen molar-refractivity contribution in [1.29, 1.82) is 0 Å². The van der Waals surface area contributed by atoms with Crippen LogP contribution in [0.15, 0.2) is 60.7 Å². The maximum Gasteiger partial charge on any atom is 0.331 e. The number of carbonyl (C=O) groups is 1. The summed E-state index contributed by atoms with van der Waals surface area (Å²) < 4.78 is 34.6. The molecule has 0 radical (unpaired) electrons. The molecule has 0 amide bonds. The molecule has 0 spiro atoms. The lowest BCUT2D eigenvalue weighted by Gasteiger charge is -2.49. The highest BCUT2D eigenvalue weighted by Crippen LogP contribution is 2.43. The first-order valence-corrected chi connectivity index (χ1v) is 20.1. The highest BCUT2D eigenvalue weighted by atomic mass is 16.8. The van der Waals surface area contributed by atoms with Crippen LogP contribution in [0.4, 0.5) is 0 Å². The molecule has 0 aliphatic carbocycles. The van der Waals surface area contributed by atoms with Gasteiger partial charge in [-0.25, -0.2) is 4.79 Å². The van der Waals surface area contributed by atoms with Crippen molar-refractivity contribution in [2.75, 3.05) is 19.8 Å². The summed E-state index contributed by atoms with van der Waals surface area (Å²) in [6.45, 7) is -1.34. The lowest BCUT2D eigenvalue weighted by molar-refractivity contribution is -0.383. The Morgan fingerprint density at radius 1 is 0.705 bits per heavy atom. The number of esters is 1. The largest absolute Gasteiger partial charge is 0.508 e. The lowest BCUT2D eigenvalue weighted by atomic mass is 9.88. The molecule has 0 bridgehead atoms. The van der Waals surface area contributed by atoms with Crippen LogP contribution in [0.3, 0.4) is 0 Å². The lowest BCUT2D eigenvalue weighted by Crippen LogP contribution is -2.66. The average Bonchev–Trinajstić information content (AvgIpc) is 3.24. The molecule has 1 aromatic carbocycles. The van der Waals surface area contributed by atoms with Crippen LogP contribution in [-0.2, 0) is 39.8 Å². The molecule has 20 nitrogen and oxygen atoms in total. The molecule has 16 atom stereocenters. The van der Waals surface area contributed by atoms with Crippen molar-refractivity contribution in [2.45, 2.75) is 144 Å². The van der Waals surface area contributed by atoms with E-state index in [1.54, 1.807) is 18.2 Å². The van der Waals surface area contributed by atoms with E-state index in [0.29, 0.717) is 0 Å². The van der Waals surface area contributed by atoms with Gasteiger partial charge in [0.15, 0.2) is 18.7 Å². The number of hydrogen-bond donors (Lipinski definition) is 13. The Bertz CT molecular complexity index is 1620. The number of ether oxygens (including phenoxy) is 6. The minimum absolute atomic E-state index is 0.112. The van der Waals surface area contributed by atoms with Crippen LogP contribution in [0.25, 0.3) is 0 Å². The Labute approximate surface area is 352 Å². The first kappa shape index (κ1) is 50.3. The summed E-state index contributed by atoms with van der Waals surface area (Å²) in [4.78, 5) is 13.3. The minimum Gasteiger partial charge on any atom is -0.508 e. The van der Waals surface area contributed by atoms with Gasteiger partial charge in [0, 0.05) is 17.7 Å². The number of hydrogen-bond acceptors (Lipinski definition) is 20. The van der Waals surface area contributed by atoms with E-state index in [4.69, 9.17) is 28.4 Å². The zero-order valence-corrected chi connectivity index (χ0v) is 33.5. The SMILES string of the molecule is CCCCC/C=C/C=C/[C@H](O)C/C=C/C=C/C(=O)O[C@@H]1[C@@H](O)[C@H](c2c(O)cc(O)cc2CO)O[C@H](CO)[C@H]1O[C@@H]1O[C@H](CO)[C@H](O)[C@H](O)[C@H]1O[C@@H]1O[C@H](CO)[C@H](O)[C@H](O)[C@H]1O. The monoisotopic (exact) mass is 872 g/mol. The molecule has 344 valence electrons. The van der Waals surface area contributed by atoms with Crippen molar-refractivity contribution in [3.8, 4) is 11.5 Å². The Morgan fingerprint density at radius 3 is 2.00 bits per heavy atom. The summed E-state index contributed by atoms with van der Waals surface area (Å²) >= 11 is 0. The molecule has 0 unspecified atom stereocenters. The van der Waals surface area contributed by atoms with E-state index in [0.717, 1.165) is 43.9 Å². The third kappa shape index (κ3) is 13.1. The molecule has 3 aliphatic rings. The summed E-state index contributed by atoms with van der Waals surface area (Å²) in [5.74, 6) is -2.19. The first-order chi connectivity index (χ1) is 29.2. The maximum atomic E-state index is 13.3. The Morgan fingerprint density at radius 2 is 1.34 bits per heavy atom. The molecule has 0 aromatic heterocycles. The average molecular weight is 873 g/mol. The highest BCUT2D eigenvalue weighted by Gasteiger charge is 2.55. The van der Waals surface area contributed by atoms with Gasteiger partial charge in [0.2, 0.25) is 0 Å². The zero-order chi connectivity index (χ0) is 44.8. The number of allylic oxidation sites excluding steroid dienone is 5. The van der Waals surface area contributed by atoms with E-state index < -0.39 is 142 Å². The number of benzene rings is 1. The van der Waals surface area contributed by atoms with Crippen molar-refractivity contribution in [2.24, 2.45) is 0 Å². The van der Waals surface area contributed by atoms with Crippen LogP contribution < -0.4 is 0 Å². The van der Waals surface area contributed by atoms with E-state index in [9.17, 15) is 71.2 Å². The predicted octanol–water partition coefficient (Wildman–Crippen LogP) is -2.14. The van der Waals surface area contributed by atoms with Crippen LogP contribution in [0.5, 0.6) is 11.5 Å². The van der Waals surface area contributed by atoms with E-state index in [1.807, 2.05) is 12.2 Å². The van der Waals surface area contributed by atoms with Gasteiger partial charge >= 0.3 is 5.97 Å². The number of aliphatic hydroxyl groups is 11. The maximum absolute atomic E-state index is 13.3.